The van der Waals surface area contributed by atoms with Crippen molar-refractivity contribution in [3.8, 4) is 0 Å². The lowest BCUT2D eigenvalue weighted by Gasteiger charge is -2.07. The van der Waals surface area contributed by atoms with Gasteiger partial charge in [0, 0.05) is 18.9 Å². The maximum Gasteiger partial charge on any atom is 0.303 e. The highest BCUT2D eigenvalue weighted by Crippen LogP contribution is 2.20. The second-order valence-corrected chi connectivity index (χ2v) is 6.56. The fourth-order valence-corrected chi connectivity index (χ4v) is 3.10. The number of nitrogens with one attached hydrogen (secondary N) is 1. The number of carboxylic acid groups (broad SMARTS) is 1. The number of carboxylic acids is 1. The Hall–Kier alpha value is -2.16. The summed E-state index contributed by atoms with van der Waals surface area (Å²) in [5.41, 5.74) is 1.77. The molecule has 0 radical (unpaired) electrons. The third-order valence-corrected chi connectivity index (χ3v) is 4.31. The summed E-state index contributed by atoms with van der Waals surface area (Å²) in [7, 11) is -1.82. The normalized spacial score (nSPS) is 11.7. The molecule has 2 rings (SSSR count). The summed E-state index contributed by atoms with van der Waals surface area (Å²) in [6, 6.07) is 1.67. The van der Waals surface area contributed by atoms with E-state index in [1.54, 1.807) is 17.8 Å². The van der Waals surface area contributed by atoms with Crippen molar-refractivity contribution in [1.29, 1.82) is 0 Å². The Morgan fingerprint density at radius 2 is 2.19 bits per heavy atom. The molecule has 2 aromatic heterocycles. The van der Waals surface area contributed by atoms with Gasteiger partial charge in [0.2, 0.25) is 10.0 Å². The van der Waals surface area contributed by atoms with Gasteiger partial charge in [0.25, 0.3) is 0 Å². The third-order valence-electron chi connectivity index (χ3n) is 2.94. The van der Waals surface area contributed by atoms with Gasteiger partial charge < -0.3 is 5.11 Å². The molecule has 0 spiro atoms. The van der Waals surface area contributed by atoms with Crippen molar-refractivity contribution in [3.63, 3.8) is 0 Å². The monoisotopic (exact) mass is 312 g/mol. The molecule has 0 saturated heterocycles. The molecule has 0 aliphatic heterocycles. The van der Waals surface area contributed by atoms with E-state index in [1.807, 2.05) is 6.92 Å². The number of fused-ring (bicyclic) bond motifs is 1. The molecule has 2 heterocycles. The van der Waals surface area contributed by atoms with Crippen LogP contribution in [0.2, 0.25) is 0 Å². The van der Waals surface area contributed by atoms with Gasteiger partial charge in [0.15, 0.2) is 5.65 Å². The lowest BCUT2D eigenvalue weighted by Crippen LogP contribution is -2.17. The Labute approximate surface area is 121 Å². The number of rotatable bonds is 6. The highest BCUT2D eigenvalue weighted by atomic mass is 32.2. The number of carbonyl (C=O) groups is 1. The highest BCUT2D eigenvalue weighted by Gasteiger charge is 2.13. The smallest absolute Gasteiger partial charge is 0.303 e. The van der Waals surface area contributed by atoms with Crippen molar-refractivity contribution in [2.75, 3.05) is 10.5 Å². The number of sulfonamides is 1. The zero-order valence-corrected chi connectivity index (χ0v) is 12.5. The molecule has 0 fully saturated rings. The van der Waals surface area contributed by atoms with Gasteiger partial charge in [-0.2, -0.15) is 5.10 Å². The fraction of sp³-hybridized carbons (Fsp3) is 0.417. The molecule has 0 unspecified atom stereocenters. The summed E-state index contributed by atoms with van der Waals surface area (Å²) in [5, 5.41) is 13.5. The first-order valence-corrected chi connectivity index (χ1v) is 7.95. The molecular weight excluding hydrogens is 296 g/mol. The van der Waals surface area contributed by atoms with Crippen molar-refractivity contribution in [2.24, 2.45) is 7.05 Å². The molecule has 0 saturated carbocycles. The fourth-order valence-electron chi connectivity index (χ4n) is 2.01. The first-order valence-electron chi connectivity index (χ1n) is 6.30. The molecule has 0 aliphatic carbocycles. The van der Waals surface area contributed by atoms with E-state index in [9.17, 15) is 13.2 Å². The zero-order valence-electron chi connectivity index (χ0n) is 11.7. The van der Waals surface area contributed by atoms with Gasteiger partial charge >= 0.3 is 5.97 Å². The van der Waals surface area contributed by atoms with Gasteiger partial charge in [0.05, 0.1) is 23.3 Å². The van der Waals surface area contributed by atoms with E-state index in [2.05, 4.69) is 14.8 Å². The van der Waals surface area contributed by atoms with Crippen molar-refractivity contribution in [2.45, 2.75) is 19.8 Å². The van der Waals surface area contributed by atoms with E-state index in [4.69, 9.17) is 5.11 Å². The minimum atomic E-state index is -3.59. The summed E-state index contributed by atoms with van der Waals surface area (Å²) in [5.74, 6) is -1.26. The van der Waals surface area contributed by atoms with Crippen LogP contribution in [0.1, 0.15) is 18.5 Å². The molecule has 0 atom stereocenters. The number of nitrogens with zero attached hydrogens (tertiary/aromatic N) is 3. The molecule has 0 bridgehead atoms. The molecule has 21 heavy (non-hydrogen) atoms. The quantitative estimate of drug-likeness (QED) is 0.818. The van der Waals surface area contributed by atoms with Gasteiger partial charge in [-0.15, -0.1) is 0 Å². The van der Waals surface area contributed by atoms with Gasteiger partial charge in [0.1, 0.15) is 0 Å². The van der Waals surface area contributed by atoms with E-state index < -0.39 is 16.0 Å². The van der Waals surface area contributed by atoms with Crippen LogP contribution in [0.3, 0.4) is 0 Å². The Morgan fingerprint density at radius 1 is 1.48 bits per heavy atom. The molecule has 9 heteroatoms. The first kappa shape index (κ1) is 15.2. The van der Waals surface area contributed by atoms with Crippen LogP contribution < -0.4 is 4.72 Å². The van der Waals surface area contributed by atoms with E-state index in [-0.39, 0.29) is 18.6 Å². The topological polar surface area (TPSA) is 114 Å². The standard InChI is InChI=1S/C12H16N4O4S/c1-8-10-6-9(7-13-12(10)16(2)14-8)15-21(19,20)5-3-4-11(17)18/h6-7,15H,3-5H2,1-2H3,(H,17,18). The SMILES string of the molecule is Cc1nn(C)c2ncc(NS(=O)(=O)CCCC(=O)O)cc12. The maximum atomic E-state index is 11.9. The number of aryl methyl sites for hydroxylation is 2. The predicted octanol–water partition coefficient (Wildman–Crippen LogP) is 0.883. The molecule has 114 valence electrons. The van der Waals surface area contributed by atoms with Crippen LogP contribution in [0.4, 0.5) is 5.69 Å². The largest absolute Gasteiger partial charge is 0.481 e. The average Bonchev–Trinajstić information content (AvgIpc) is 2.63. The van der Waals surface area contributed by atoms with Crippen molar-refractivity contribution in [3.05, 3.63) is 18.0 Å². The minimum absolute atomic E-state index is 0.0618. The van der Waals surface area contributed by atoms with Gasteiger partial charge in [-0.1, -0.05) is 0 Å². The highest BCUT2D eigenvalue weighted by molar-refractivity contribution is 7.92. The number of aromatic nitrogens is 3. The van der Waals surface area contributed by atoms with E-state index in [0.717, 1.165) is 11.1 Å². The van der Waals surface area contributed by atoms with Crippen molar-refractivity contribution < 1.29 is 18.3 Å². The van der Waals surface area contributed by atoms with Gasteiger partial charge in [-0.25, -0.2) is 13.4 Å². The summed E-state index contributed by atoms with van der Waals surface area (Å²) in [6.07, 6.45) is 1.30. The van der Waals surface area contributed by atoms with Crippen LogP contribution in [0.15, 0.2) is 12.3 Å². The van der Waals surface area contributed by atoms with Crippen LogP contribution >= 0.6 is 0 Å². The summed E-state index contributed by atoms with van der Waals surface area (Å²) in [6.45, 7) is 1.81. The molecule has 0 aliphatic rings. The van der Waals surface area contributed by atoms with Gasteiger partial charge in [-0.3, -0.25) is 14.2 Å². The van der Waals surface area contributed by atoms with Crippen molar-refractivity contribution in [1.82, 2.24) is 14.8 Å². The van der Waals surface area contributed by atoms with Gasteiger partial charge in [-0.05, 0) is 19.4 Å². The van der Waals surface area contributed by atoms with E-state index >= 15 is 0 Å². The van der Waals surface area contributed by atoms with Crippen LogP contribution in [0.5, 0.6) is 0 Å². The zero-order chi connectivity index (χ0) is 15.6. The van der Waals surface area contributed by atoms with Crippen molar-refractivity contribution >= 4 is 32.7 Å². The van der Waals surface area contributed by atoms with Crippen LogP contribution in [-0.4, -0.2) is 40.0 Å². The predicted molar refractivity (Wildman–Crippen MR) is 77.5 cm³/mol. The number of anilines is 1. The van der Waals surface area contributed by atoms with Crippen LogP contribution in [-0.2, 0) is 21.9 Å². The summed E-state index contributed by atoms with van der Waals surface area (Å²) >= 11 is 0. The second-order valence-electron chi connectivity index (χ2n) is 4.72. The number of aliphatic carboxylic acids is 1. The molecule has 0 aromatic carbocycles. The number of hydrogen-bond donors (Lipinski definition) is 2. The van der Waals surface area contributed by atoms with E-state index in [0.29, 0.717) is 11.3 Å². The van der Waals surface area contributed by atoms with E-state index in [1.165, 1.54) is 6.20 Å². The Bertz CT molecular complexity index is 782. The molecular formula is C12H16N4O4S. The lowest BCUT2D eigenvalue weighted by atomic mass is 10.3. The number of hydrogen-bond acceptors (Lipinski definition) is 5. The molecule has 0 amide bonds. The Kier molecular flexibility index (Phi) is 4.12. The third kappa shape index (κ3) is 3.69. The summed E-state index contributed by atoms with van der Waals surface area (Å²) in [4.78, 5) is 14.6. The van der Waals surface area contributed by atoms with Crippen LogP contribution in [0, 0.1) is 6.92 Å². The molecule has 2 aromatic rings. The number of pyridine rings is 1. The Morgan fingerprint density at radius 3 is 2.86 bits per heavy atom. The lowest BCUT2D eigenvalue weighted by molar-refractivity contribution is -0.137. The Balaban J connectivity index is 2.15. The average molecular weight is 312 g/mol. The first-order chi connectivity index (χ1) is 9.78. The second kappa shape index (κ2) is 5.68. The molecule has 2 N–H and O–H groups in total. The maximum absolute atomic E-state index is 11.9. The summed E-state index contributed by atoms with van der Waals surface area (Å²) < 4.78 is 27.7. The molecule has 8 nitrogen and oxygen atoms in total. The minimum Gasteiger partial charge on any atom is -0.481 e. The van der Waals surface area contributed by atoms with Crippen LogP contribution in [0.25, 0.3) is 11.0 Å².